The number of likely N-dealkylation sites (N-methyl/N-ethyl adjacent to an activating group) is 1. The van der Waals surface area contributed by atoms with Crippen molar-refractivity contribution in [2.75, 3.05) is 33.4 Å². The zero-order valence-electron chi connectivity index (χ0n) is 7.66. The predicted molar refractivity (Wildman–Crippen MR) is 46.2 cm³/mol. The fourth-order valence-electron chi connectivity index (χ4n) is 1.66. The third kappa shape index (κ3) is 2.44. The Bertz CT molecular complexity index is 147. The van der Waals surface area contributed by atoms with Crippen molar-refractivity contribution < 1.29 is 9.47 Å². The van der Waals surface area contributed by atoms with Crippen LogP contribution in [0.2, 0.25) is 0 Å². The highest BCUT2D eigenvalue weighted by Crippen LogP contribution is 2.15. The summed E-state index contributed by atoms with van der Waals surface area (Å²) in [4.78, 5) is 2.34. The number of nitrogens with zero attached hydrogens (tertiary/aromatic N) is 1. The van der Waals surface area contributed by atoms with Crippen LogP contribution in [-0.2, 0) is 9.47 Å². The van der Waals surface area contributed by atoms with Crippen molar-refractivity contribution in [1.29, 1.82) is 0 Å². The molecule has 2 rings (SSSR count). The minimum Gasteiger partial charge on any atom is -0.374 e. The predicted octanol–water partition coefficient (Wildman–Crippen LogP) is 0.496. The second-order valence-electron chi connectivity index (χ2n) is 3.82. The van der Waals surface area contributed by atoms with Crippen molar-refractivity contribution in [3.8, 4) is 0 Å². The topological polar surface area (TPSA) is 25.0 Å². The zero-order valence-corrected chi connectivity index (χ0v) is 7.66. The van der Waals surface area contributed by atoms with Gasteiger partial charge in [0, 0.05) is 6.54 Å². The summed E-state index contributed by atoms with van der Waals surface area (Å²) in [5.41, 5.74) is 0. The molecule has 0 aliphatic carbocycles. The van der Waals surface area contributed by atoms with Crippen LogP contribution in [0.3, 0.4) is 0 Å². The van der Waals surface area contributed by atoms with Gasteiger partial charge in [0.15, 0.2) is 0 Å². The molecule has 0 aromatic heterocycles. The first-order valence-corrected chi connectivity index (χ1v) is 4.76. The van der Waals surface area contributed by atoms with E-state index in [-0.39, 0.29) is 0 Å². The molecule has 0 amide bonds. The van der Waals surface area contributed by atoms with Crippen LogP contribution >= 0.6 is 0 Å². The summed E-state index contributed by atoms with van der Waals surface area (Å²) in [7, 11) is 2.16. The Morgan fingerprint density at radius 2 is 2.42 bits per heavy atom. The molecule has 0 unspecified atom stereocenters. The molecule has 0 bridgehead atoms. The van der Waals surface area contributed by atoms with E-state index >= 15 is 0 Å². The fraction of sp³-hybridized carbons (Fsp3) is 1.00. The molecule has 70 valence electrons. The molecule has 3 heteroatoms. The Kier molecular flexibility index (Phi) is 2.63. The van der Waals surface area contributed by atoms with E-state index in [2.05, 4.69) is 11.9 Å². The van der Waals surface area contributed by atoms with Gasteiger partial charge in [-0.1, -0.05) is 0 Å². The average molecular weight is 171 g/mol. The third-order valence-electron chi connectivity index (χ3n) is 2.50. The van der Waals surface area contributed by atoms with E-state index < -0.39 is 0 Å². The van der Waals surface area contributed by atoms with E-state index in [0.29, 0.717) is 12.2 Å². The molecular formula is C9H17NO2. The number of ether oxygens (including phenoxy) is 2. The highest BCUT2D eigenvalue weighted by Gasteiger charge is 2.25. The number of hydrogen-bond acceptors (Lipinski definition) is 3. The van der Waals surface area contributed by atoms with Crippen LogP contribution in [0.4, 0.5) is 0 Å². The van der Waals surface area contributed by atoms with E-state index in [1.165, 1.54) is 19.4 Å². The van der Waals surface area contributed by atoms with Crippen LogP contribution in [0.15, 0.2) is 0 Å². The maximum Gasteiger partial charge on any atom is 0.104 e. The summed E-state index contributed by atoms with van der Waals surface area (Å²) < 4.78 is 10.8. The van der Waals surface area contributed by atoms with Crippen LogP contribution in [0.5, 0.6) is 0 Å². The van der Waals surface area contributed by atoms with Gasteiger partial charge in [-0.25, -0.2) is 0 Å². The van der Waals surface area contributed by atoms with Crippen LogP contribution < -0.4 is 0 Å². The molecule has 12 heavy (non-hydrogen) atoms. The number of likely N-dealkylation sites (tertiary alicyclic amines) is 1. The van der Waals surface area contributed by atoms with Gasteiger partial charge in [0.1, 0.15) is 6.10 Å². The lowest BCUT2D eigenvalue weighted by Gasteiger charge is -2.29. The third-order valence-corrected chi connectivity index (χ3v) is 2.50. The van der Waals surface area contributed by atoms with Gasteiger partial charge in [0.05, 0.1) is 19.3 Å². The minimum absolute atomic E-state index is 0.414. The second kappa shape index (κ2) is 3.73. The molecular weight excluding hydrogens is 154 g/mol. The van der Waals surface area contributed by atoms with E-state index in [0.717, 1.165) is 19.8 Å². The van der Waals surface area contributed by atoms with E-state index in [1.54, 1.807) is 0 Å². The van der Waals surface area contributed by atoms with Gasteiger partial charge < -0.3 is 14.4 Å². The molecule has 0 saturated carbocycles. The molecule has 2 aliphatic heterocycles. The normalized spacial score (nSPS) is 36.8. The lowest BCUT2D eigenvalue weighted by Crippen LogP contribution is -2.37. The zero-order chi connectivity index (χ0) is 8.39. The SMILES string of the molecule is CN1CCC[C@H](OC[C@@H]2CO2)C1. The van der Waals surface area contributed by atoms with E-state index in [9.17, 15) is 0 Å². The maximum absolute atomic E-state index is 5.71. The maximum atomic E-state index is 5.71. The summed E-state index contributed by atoms with van der Waals surface area (Å²) >= 11 is 0. The highest BCUT2D eigenvalue weighted by atomic mass is 16.6. The quantitative estimate of drug-likeness (QED) is 0.578. The van der Waals surface area contributed by atoms with Crippen LogP contribution in [0.1, 0.15) is 12.8 Å². The largest absolute Gasteiger partial charge is 0.374 e. The van der Waals surface area contributed by atoms with Crippen LogP contribution in [0.25, 0.3) is 0 Å². The van der Waals surface area contributed by atoms with Crippen LogP contribution in [0, 0.1) is 0 Å². The van der Waals surface area contributed by atoms with Gasteiger partial charge in [-0.15, -0.1) is 0 Å². The van der Waals surface area contributed by atoms with Crippen molar-refractivity contribution in [3.63, 3.8) is 0 Å². The number of epoxide rings is 1. The summed E-state index contributed by atoms with van der Waals surface area (Å²) in [5.74, 6) is 0. The summed E-state index contributed by atoms with van der Waals surface area (Å²) in [6.07, 6.45) is 3.36. The molecule has 0 aromatic carbocycles. The Morgan fingerprint density at radius 3 is 3.08 bits per heavy atom. The van der Waals surface area contributed by atoms with Crippen molar-refractivity contribution in [3.05, 3.63) is 0 Å². The molecule has 0 radical (unpaired) electrons. The van der Waals surface area contributed by atoms with Gasteiger partial charge in [0.25, 0.3) is 0 Å². The molecule has 2 aliphatic rings. The van der Waals surface area contributed by atoms with Crippen molar-refractivity contribution >= 4 is 0 Å². The average Bonchev–Trinajstić information content (AvgIpc) is 2.84. The first kappa shape index (κ1) is 8.48. The van der Waals surface area contributed by atoms with Crippen LogP contribution in [-0.4, -0.2) is 50.5 Å². The smallest absolute Gasteiger partial charge is 0.104 e. The monoisotopic (exact) mass is 171 g/mol. The van der Waals surface area contributed by atoms with Crippen molar-refractivity contribution in [1.82, 2.24) is 4.90 Å². The fourth-order valence-corrected chi connectivity index (χ4v) is 1.66. The number of rotatable bonds is 3. The number of hydrogen-bond donors (Lipinski definition) is 0. The van der Waals surface area contributed by atoms with Gasteiger partial charge in [-0.3, -0.25) is 0 Å². The van der Waals surface area contributed by atoms with Crippen molar-refractivity contribution in [2.24, 2.45) is 0 Å². The lowest BCUT2D eigenvalue weighted by atomic mass is 10.1. The molecule has 2 fully saturated rings. The standard InChI is InChI=1S/C9H17NO2/c1-10-4-2-3-8(5-10)11-6-9-7-12-9/h8-9H,2-7H2,1H3/t8-,9+/m0/s1. The Balaban J connectivity index is 1.64. The van der Waals surface area contributed by atoms with Gasteiger partial charge in [-0.05, 0) is 26.4 Å². The molecule has 0 aromatic rings. The Hall–Kier alpha value is -0.120. The minimum atomic E-state index is 0.414. The highest BCUT2D eigenvalue weighted by molar-refractivity contribution is 4.73. The molecule has 3 nitrogen and oxygen atoms in total. The van der Waals surface area contributed by atoms with Gasteiger partial charge in [-0.2, -0.15) is 0 Å². The second-order valence-corrected chi connectivity index (χ2v) is 3.82. The number of piperidine rings is 1. The Labute approximate surface area is 73.6 Å². The summed E-state index contributed by atoms with van der Waals surface area (Å²) in [5, 5.41) is 0. The van der Waals surface area contributed by atoms with Gasteiger partial charge in [0.2, 0.25) is 0 Å². The molecule has 2 heterocycles. The molecule has 2 atom stereocenters. The molecule has 2 saturated heterocycles. The Morgan fingerprint density at radius 1 is 1.58 bits per heavy atom. The van der Waals surface area contributed by atoms with Crippen molar-refractivity contribution in [2.45, 2.75) is 25.0 Å². The van der Waals surface area contributed by atoms with E-state index in [1.807, 2.05) is 0 Å². The molecule has 0 N–H and O–H groups in total. The van der Waals surface area contributed by atoms with E-state index in [4.69, 9.17) is 9.47 Å². The first-order chi connectivity index (χ1) is 5.84. The summed E-state index contributed by atoms with van der Waals surface area (Å²) in [6.45, 7) is 4.02. The summed E-state index contributed by atoms with van der Waals surface area (Å²) in [6, 6.07) is 0. The van der Waals surface area contributed by atoms with Gasteiger partial charge >= 0.3 is 0 Å². The molecule has 0 spiro atoms. The lowest BCUT2D eigenvalue weighted by molar-refractivity contribution is -0.000116. The first-order valence-electron chi connectivity index (χ1n) is 4.76.